The molecule has 4 nitrogen and oxygen atoms in total. The van der Waals surface area contributed by atoms with Crippen molar-refractivity contribution in [1.29, 1.82) is 0 Å². The van der Waals surface area contributed by atoms with Gasteiger partial charge >= 0.3 is 0 Å². The topological polar surface area (TPSA) is 66.0 Å². The number of benzene rings is 1. The lowest BCUT2D eigenvalue weighted by Gasteiger charge is -1.99. The van der Waals surface area contributed by atoms with E-state index in [0.29, 0.717) is 15.9 Å². The standard InChI is InChI=1S/C9H7ClN2O2/c10-5-1-2-6-7(3-5)11-8(4-13)12-9(6)14/h1-3,13H,4H2,(H,11,12,14). The number of nitrogens with one attached hydrogen (secondary N) is 1. The molecule has 72 valence electrons. The molecule has 0 atom stereocenters. The Kier molecular flexibility index (Phi) is 2.23. The molecule has 1 heterocycles. The molecule has 1 aromatic heterocycles. The molecular formula is C9H7ClN2O2. The second-order valence-electron chi connectivity index (χ2n) is 2.83. The van der Waals surface area contributed by atoms with Crippen molar-refractivity contribution in [2.24, 2.45) is 0 Å². The summed E-state index contributed by atoms with van der Waals surface area (Å²) in [4.78, 5) is 17.9. The van der Waals surface area contributed by atoms with E-state index in [1.807, 2.05) is 0 Å². The molecule has 2 aromatic rings. The number of rotatable bonds is 1. The molecule has 0 amide bonds. The van der Waals surface area contributed by atoms with E-state index in [-0.39, 0.29) is 18.0 Å². The Morgan fingerprint density at radius 3 is 3.00 bits per heavy atom. The number of hydrogen-bond acceptors (Lipinski definition) is 3. The van der Waals surface area contributed by atoms with Crippen LogP contribution in [-0.4, -0.2) is 15.1 Å². The lowest BCUT2D eigenvalue weighted by atomic mass is 10.2. The van der Waals surface area contributed by atoms with Crippen molar-refractivity contribution in [1.82, 2.24) is 9.97 Å². The van der Waals surface area contributed by atoms with E-state index in [0.717, 1.165) is 0 Å². The average molecular weight is 211 g/mol. The van der Waals surface area contributed by atoms with Crippen LogP contribution in [-0.2, 0) is 6.61 Å². The Morgan fingerprint density at radius 2 is 2.29 bits per heavy atom. The van der Waals surface area contributed by atoms with Gasteiger partial charge in [-0.25, -0.2) is 4.98 Å². The van der Waals surface area contributed by atoms with Gasteiger partial charge in [-0.05, 0) is 18.2 Å². The molecule has 0 aliphatic carbocycles. The van der Waals surface area contributed by atoms with E-state index in [1.54, 1.807) is 18.2 Å². The maximum Gasteiger partial charge on any atom is 0.258 e. The fourth-order valence-electron chi connectivity index (χ4n) is 1.24. The summed E-state index contributed by atoms with van der Waals surface area (Å²) in [5.41, 5.74) is 0.223. The maximum absolute atomic E-state index is 11.4. The zero-order valence-corrected chi connectivity index (χ0v) is 7.88. The molecule has 0 aliphatic rings. The molecule has 0 fully saturated rings. The molecule has 1 aromatic carbocycles. The van der Waals surface area contributed by atoms with Gasteiger partial charge in [0.15, 0.2) is 0 Å². The van der Waals surface area contributed by atoms with Crippen LogP contribution in [0.25, 0.3) is 10.9 Å². The first-order valence-corrected chi connectivity index (χ1v) is 4.38. The summed E-state index contributed by atoms with van der Waals surface area (Å²) in [7, 11) is 0. The summed E-state index contributed by atoms with van der Waals surface area (Å²) in [6.07, 6.45) is 0. The summed E-state index contributed by atoms with van der Waals surface area (Å²) in [5.74, 6) is 0.241. The van der Waals surface area contributed by atoms with Gasteiger partial charge in [0.25, 0.3) is 5.56 Å². The molecule has 0 aliphatic heterocycles. The number of aliphatic hydroxyl groups is 1. The van der Waals surface area contributed by atoms with Crippen molar-refractivity contribution < 1.29 is 5.11 Å². The molecule has 0 unspecified atom stereocenters. The normalized spacial score (nSPS) is 10.7. The van der Waals surface area contributed by atoms with Crippen LogP contribution >= 0.6 is 11.6 Å². The van der Waals surface area contributed by atoms with Crippen LogP contribution in [0.4, 0.5) is 0 Å². The number of hydrogen-bond donors (Lipinski definition) is 2. The third-order valence-electron chi connectivity index (χ3n) is 1.87. The minimum Gasteiger partial charge on any atom is -0.388 e. The third-order valence-corrected chi connectivity index (χ3v) is 2.10. The first-order valence-electron chi connectivity index (χ1n) is 4.00. The first kappa shape index (κ1) is 9.18. The van der Waals surface area contributed by atoms with Gasteiger partial charge in [-0.2, -0.15) is 0 Å². The highest BCUT2D eigenvalue weighted by Crippen LogP contribution is 2.14. The minimum absolute atomic E-state index is 0.241. The molecule has 0 radical (unpaired) electrons. The zero-order valence-electron chi connectivity index (χ0n) is 7.12. The molecule has 0 spiro atoms. The zero-order chi connectivity index (χ0) is 10.1. The summed E-state index contributed by atoms with van der Waals surface area (Å²) in [6.45, 7) is -0.294. The van der Waals surface area contributed by atoms with Crippen molar-refractivity contribution >= 4 is 22.5 Å². The molecular weight excluding hydrogens is 204 g/mol. The first-order chi connectivity index (χ1) is 6.70. The van der Waals surface area contributed by atoms with Gasteiger partial charge in [0, 0.05) is 5.02 Å². The van der Waals surface area contributed by atoms with Crippen LogP contribution in [0.15, 0.2) is 23.0 Å². The van der Waals surface area contributed by atoms with Gasteiger partial charge in [-0.1, -0.05) is 11.6 Å². The van der Waals surface area contributed by atoms with Gasteiger partial charge in [0.2, 0.25) is 0 Å². The molecule has 0 saturated heterocycles. The highest BCUT2D eigenvalue weighted by atomic mass is 35.5. The molecule has 2 N–H and O–H groups in total. The highest BCUT2D eigenvalue weighted by molar-refractivity contribution is 6.31. The SMILES string of the molecule is O=c1[nH]c(CO)nc2cc(Cl)ccc12. The van der Waals surface area contributed by atoms with Crippen LogP contribution in [0, 0.1) is 0 Å². The Hall–Kier alpha value is -1.39. The molecule has 0 bridgehead atoms. The van der Waals surface area contributed by atoms with Crippen molar-refractivity contribution in [2.75, 3.05) is 0 Å². The second kappa shape index (κ2) is 3.40. The van der Waals surface area contributed by atoms with E-state index in [9.17, 15) is 4.79 Å². The van der Waals surface area contributed by atoms with Crippen LogP contribution in [0.1, 0.15) is 5.82 Å². The van der Waals surface area contributed by atoms with Crippen LogP contribution < -0.4 is 5.56 Å². The Morgan fingerprint density at radius 1 is 1.50 bits per heavy atom. The van der Waals surface area contributed by atoms with Crippen molar-refractivity contribution in [3.8, 4) is 0 Å². The summed E-state index contributed by atoms with van der Waals surface area (Å²) in [6, 6.07) is 4.81. The van der Waals surface area contributed by atoms with E-state index >= 15 is 0 Å². The predicted octanol–water partition coefficient (Wildman–Crippen LogP) is 1.07. The van der Waals surface area contributed by atoms with Crippen LogP contribution in [0.3, 0.4) is 0 Å². The molecule has 14 heavy (non-hydrogen) atoms. The number of fused-ring (bicyclic) bond motifs is 1. The van der Waals surface area contributed by atoms with Gasteiger partial charge in [0.1, 0.15) is 12.4 Å². The lowest BCUT2D eigenvalue weighted by Crippen LogP contribution is -2.11. The third kappa shape index (κ3) is 1.49. The fourth-order valence-corrected chi connectivity index (χ4v) is 1.40. The summed E-state index contributed by atoms with van der Waals surface area (Å²) >= 11 is 5.75. The number of H-pyrrole nitrogens is 1. The number of nitrogens with zero attached hydrogens (tertiary/aromatic N) is 1. The number of aliphatic hydroxyl groups excluding tert-OH is 1. The molecule has 0 saturated carbocycles. The quantitative estimate of drug-likeness (QED) is 0.740. The fraction of sp³-hybridized carbons (Fsp3) is 0.111. The lowest BCUT2D eigenvalue weighted by molar-refractivity contribution is 0.271. The largest absolute Gasteiger partial charge is 0.388 e. The van der Waals surface area contributed by atoms with Gasteiger partial charge in [-0.15, -0.1) is 0 Å². The Balaban J connectivity index is 2.84. The minimum atomic E-state index is -0.294. The van der Waals surface area contributed by atoms with E-state index in [2.05, 4.69) is 9.97 Å². The Bertz CT molecular complexity index is 536. The number of aromatic amines is 1. The smallest absolute Gasteiger partial charge is 0.258 e. The van der Waals surface area contributed by atoms with E-state index < -0.39 is 0 Å². The van der Waals surface area contributed by atoms with Crippen molar-refractivity contribution in [3.63, 3.8) is 0 Å². The Labute approximate surface area is 84.2 Å². The summed E-state index contributed by atoms with van der Waals surface area (Å²) in [5, 5.41) is 9.80. The number of halogens is 1. The molecule has 2 rings (SSSR count). The van der Waals surface area contributed by atoms with Crippen LogP contribution in [0.5, 0.6) is 0 Å². The highest BCUT2D eigenvalue weighted by Gasteiger charge is 2.02. The van der Waals surface area contributed by atoms with E-state index in [4.69, 9.17) is 16.7 Å². The monoisotopic (exact) mass is 210 g/mol. The maximum atomic E-state index is 11.4. The van der Waals surface area contributed by atoms with E-state index in [1.165, 1.54) is 0 Å². The van der Waals surface area contributed by atoms with Gasteiger partial charge < -0.3 is 10.1 Å². The predicted molar refractivity (Wildman–Crippen MR) is 53.3 cm³/mol. The van der Waals surface area contributed by atoms with Crippen molar-refractivity contribution in [3.05, 3.63) is 39.4 Å². The van der Waals surface area contributed by atoms with Gasteiger partial charge in [0.05, 0.1) is 10.9 Å². The number of aromatic nitrogens is 2. The average Bonchev–Trinajstić information content (AvgIpc) is 2.16. The van der Waals surface area contributed by atoms with Gasteiger partial charge in [-0.3, -0.25) is 4.79 Å². The van der Waals surface area contributed by atoms with Crippen LogP contribution in [0.2, 0.25) is 5.02 Å². The summed E-state index contributed by atoms with van der Waals surface area (Å²) < 4.78 is 0. The second-order valence-corrected chi connectivity index (χ2v) is 3.27. The van der Waals surface area contributed by atoms with Crippen molar-refractivity contribution in [2.45, 2.75) is 6.61 Å². The molecule has 5 heteroatoms.